The van der Waals surface area contributed by atoms with Crippen LogP contribution in [0.15, 0.2) is 41.2 Å². The first-order valence-corrected chi connectivity index (χ1v) is 5.93. The minimum atomic E-state index is -0.164. The number of fused-ring (bicyclic) bond motifs is 1. The van der Waals surface area contributed by atoms with Crippen molar-refractivity contribution < 1.29 is 2.85 Å². The van der Waals surface area contributed by atoms with E-state index in [1.807, 2.05) is 18.2 Å². The van der Waals surface area contributed by atoms with Crippen LogP contribution in [0.4, 0.5) is 0 Å². The number of H-pyrrole nitrogens is 2. The summed E-state index contributed by atoms with van der Waals surface area (Å²) >= 11 is 0. The molecule has 0 aliphatic carbocycles. The number of imidazole rings is 1. The first-order valence-electron chi connectivity index (χ1n) is 5.93. The van der Waals surface area contributed by atoms with Gasteiger partial charge in [0.05, 0.1) is 11.0 Å². The van der Waals surface area contributed by atoms with Crippen LogP contribution in [-0.4, -0.2) is 9.97 Å². The maximum Gasteiger partial charge on any atom is 0.323 e. The predicted molar refractivity (Wildman–Crippen MR) is 78.1 cm³/mol. The van der Waals surface area contributed by atoms with Gasteiger partial charge in [-0.15, -0.1) is 0 Å². The number of rotatable bonds is 1. The van der Waals surface area contributed by atoms with Crippen LogP contribution in [0.3, 0.4) is 0 Å². The molecule has 3 rings (SSSR count). The highest BCUT2D eigenvalue weighted by Gasteiger charge is 2.05. The number of benzene rings is 2. The molecule has 0 radical (unpaired) electrons. The molecule has 0 saturated heterocycles. The van der Waals surface area contributed by atoms with Crippen molar-refractivity contribution in [3.05, 3.63) is 58.0 Å². The van der Waals surface area contributed by atoms with Gasteiger partial charge in [0, 0.05) is 2.85 Å². The molecule has 18 heavy (non-hydrogen) atoms. The normalized spacial score (nSPS) is 11.0. The lowest BCUT2D eigenvalue weighted by Gasteiger charge is -2.07. The van der Waals surface area contributed by atoms with Gasteiger partial charge in [-0.1, -0.05) is 29.8 Å². The number of aromatic amines is 2. The number of aromatic nitrogens is 2. The molecule has 0 aliphatic heterocycles. The van der Waals surface area contributed by atoms with Crippen LogP contribution in [0, 0.1) is 13.8 Å². The van der Waals surface area contributed by atoms with E-state index in [9.17, 15) is 4.79 Å². The van der Waals surface area contributed by atoms with Crippen LogP contribution < -0.4 is 5.69 Å². The number of hydrogen-bond donors (Lipinski definition) is 2. The zero-order valence-corrected chi connectivity index (χ0v) is 10.4. The maximum atomic E-state index is 11.2. The van der Waals surface area contributed by atoms with Crippen LogP contribution in [0.2, 0.25) is 0 Å². The molecular formula is C15H18N2O. The summed E-state index contributed by atoms with van der Waals surface area (Å²) in [6.45, 7) is 4.18. The van der Waals surface area contributed by atoms with E-state index in [-0.39, 0.29) is 8.54 Å². The lowest BCUT2D eigenvalue weighted by atomic mass is 9.98. The summed E-state index contributed by atoms with van der Waals surface area (Å²) in [4.78, 5) is 16.8. The Morgan fingerprint density at radius 3 is 2.56 bits per heavy atom. The van der Waals surface area contributed by atoms with Gasteiger partial charge in [-0.3, -0.25) is 0 Å². The van der Waals surface area contributed by atoms with Crippen LogP contribution in [-0.2, 0) is 0 Å². The Morgan fingerprint density at radius 1 is 0.944 bits per heavy atom. The van der Waals surface area contributed by atoms with Gasteiger partial charge >= 0.3 is 5.69 Å². The summed E-state index contributed by atoms with van der Waals surface area (Å²) < 4.78 is 0. The highest BCUT2D eigenvalue weighted by molar-refractivity contribution is 5.82. The third-order valence-electron chi connectivity index (χ3n) is 3.22. The van der Waals surface area contributed by atoms with Crippen molar-refractivity contribution in [2.75, 3.05) is 0 Å². The second kappa shape index (κ2) is 3.88. The van der Waals surface area contributed by atoms with E-state index in [1.165, 1.54) is 16.7 Å². The fourth-order valence-corrected chi connectivity index (χ4v) is 2.25. The van der Waals surface area contributed by atoms with Crippen molar-refractivity contribution in [2.45, 2.75) is 13.8 Å². The molecule has 0 aliphatic rings. The van der Waals surface area contributed by atoms with Gasteiger partial charge in [0.25, 0.3) is 0 Å². The fraction of sp³-hybridized carbons (Fsp3) is 0.133. The van der Waals surface area contributed by atoms with E-state index in [1.54, 1.807) is 0 Å². The Hall–Kier alpha value is -2.29. The van der Waals surface area contributed by atoms with Gasteiger partial charge in [0.1, 0.15) is 0 Å². The highest BCUT2D eigenvalue weighted by Crippen LogP contribution is 2.26. The Kier molecular flexibility index (Phi) is 2.33. The number of hydrogen-bond acceptors (Lipinski definition) is 1. The number of aryl methyl sites for hydroxylation is 2. The van der Waals surface area contributed by atoms with E-state index in [4.69, 9.17) is 0 Å². The molecule has 3 aromatic rings. The molecule has 2 aromatic carbocycles. The first-order chi connectivity index (χ1) is 8.63. The predicted octanol–water partition coefficient (Wildman–Crippen LogP) is 3.63. The largest absolute Gasteiger partial charge is 0.323 e. The van der Waals surface area contributed by atoms with E-state index in [2.05, 4.69) is 42.0 Å². The van der Waals surface area contributed by atoms with Crippen molar-refractivity contribution in [2.24, 2.45) is 0 Å². The standard InChI is InChI=1S/C15H14N2O.2H2/c1-9-3-4-10(2)12(7-9)11-5-6-13-14(8-11)17-15(18)16-13;;/h3-8H,1-2H3,(H2,16,17,18);2*1H. The monoisotopic (exact) mass is 242 g/mol. The Bertz CT molecular complexity index is 790. The quantitative estimate of drug-likeness (QED) is 0.672. The molecule has 94 valence electrons. The zero-order valence-electron chi connectivity index (χ0n) is 10.4. The van der Waals surface area contributed by atoms with Crippen molar-refractivity contribution in [3.8, 4) is 11.1 Å². The third-order valence-corrected chi connectivity index (χ3v) is 3.22. The number of nitrogens with one attached hydrogen (secondary N) is 2. The second-order valence-electron chi connectivity index (χ2n) is 4.66. The molecule has 0 fully saturated rings. The zero-order chi connectivity index (χ0) is 12.7. The van der Waals surface area contributed by atoms with Crippen LogP contribution in [0.25, 0.3) is 22.2 Å². The van der Waals surface area contributed by atoms with E-state index < -0.39 is 0 Å². The molecule has 3 heteroatoms. The first kappa shape index (κ1) is 10.8. The smallest absolute Gasteiger partial charge is 0.306 e. The van der Waals surface area contributed by atoms with Gasteiger partial charge in [0.15, 0.2) is 0 Å². The molecule has 0 bridgehead atoms. The van der Waals surface area contributed by atoms with Crippen LogP contribution in [0.1, 0.15) is 14.0 Å². The fourth-order valence-electron chi connectivity index (χ4n) is 2.25. The topological polar surface area (TPSA) is 48.6 Å². The summed E-state index contributed by atoms with van der Waals surface area (Å²) in [6, 6.07) is 12.4. The Labute approximate surface area is 107 Å². The molecule has 0 unspecified atom stereocenters. The summed E-state index contributed by atoms with van der Waals surface area (Å²) in [6.07, 6.45) is 0. The lowest BCUT2D eigenvalue weighted by molar-refractivity contribution is 1.22. The summed E-state index contributed by atoms with van der Waals surface area (Å²) in [5.74, 6) is 0. The molecular weight excluding hydrogens is 224 g/mol. The summed E-state index contributed by atoms with van der Waals surface area (Å²) in [7, 11) is 0. The van der Waals surface area contributed by atoms with Gasteiger partial charge in [-0.2, -0.15) is 0 Å². The average molecular weight is 242 g/mol. The van der Waals surface area contributed by atoms with Crippen LogP contribution in [0.5, 0.6) is 0 Å². The minimum absolute atomic E-state index is 0. The molecule has 0 amide bonds. The van der Waals surface area contributed by atoms with Gasteiger partial charge in [-0.25, -0.2) is 4.79 Å². The summed E-state index contributed by atoms with van der Waals surface area (Å²) in [5, 5.41) is 0. The molecule has 3 nitrogen and oxygen atoms in total. The van der Waals surface area contributed by atoms with Crippen LogP contribution >= 0.6 is 0 Å². The molecule has 0 atom stereocenters. The van der Waals surface area contributed by atoms with Crippen molar-refractivity contribution >= 4 is 11.0 Å². The lowest BCUT2D eigenvalue weighted by Crippen LogP contribution is -1.99. The Balaban J connectivity index is 0.000001000. The average Bonchev–Trinajstić information content (AvgIpc) is 2.71. The van der Waals surface area contributed by atoms with Crippen molar-refractivity contribution in [1.82, 2.24) is 9.97 Å². The van der Waals surface area contributed by atoms with E-state index in [0.717, 1.165) is 16.6 Å². The highest BCUT2D eigenvalue weighted by atomic mass is 16.1. The molecule has 0 spiro atoms. The molecule has 0 saturated carbocycles. The molecule has 1 heterocycles. The van der Waals surface area contributed by atoms with Gasteiger partial charge < -0.3 is 9.97 Å². The summed E-state index contributed by atoms with van der Waals surface area (Å²) in [5.41, 5.74) is 6.32. The van der Waals surface area contributed by atoms with Crippen molar-refractivity contribution in [3.63, 3.8) is 0 Å². The molecule has 2 N–H and O–H groups in total. The second-order valence-corrected chi connectivity index (χ2v) is 4.66. The third kappa shape index (κ3) is 1.74. The van der Waals surface area contributed by atoms with Gasteiger partial charge in [0.2, 0.25) is 0 Å². The minimum Gasteiger partial charge on any atom is -0.306 e. The Morgan fingerprint density at radius 2 is 1.72 bits per heavy atom. The SMILES string of the molecule is Cc1ccc(C)c(-c2ccc3[nH]c(=O)[nH]c3c2)c1.[HH].[HH]. The van der Waals surface area contributed by atoms with E-state index in [0.29, 0.717) is 0 Å². The molecule has 1 aromatic heterocycles. The van der Waals surface area contributed by atoms with Crippen molar-refractivity contribution in [1.29, 1.82) is 0 Å². The van der Waals surface area contributed by atoms with E-state index >= 15 is 0 Å². The van der Waals surface area contributed by atoms with Gasteiger partial charge in [-0.05, 0) is 42.7 Å². The maximum absolute atomic E-state index is 11.2.